The first-order valence-corrected chi connectivity index (χ1v) is 12.9. The molecule has 190 valence electrons. The van der Waals surface area contributed by atoms with Gasteiger partial charge in [0.15, 0.2) is 10.8 Å². The smallest absolute Gasteiger partial charge is 0.191 e. The molecule has 1 atom stereocenters. The number of hydrogen-bond acceptors (Lipinski definition) is 7. The van der Waals surface area contributed by atoms with Gasteiger partial charge >= 0.3 is 0 Å². The zero-order chi connectivity index (χ0) is 24.0. The lowest BCUT2D eigenvalue weighted by Gasteiger charge is -2.26. The van der Waals surface area contributed by atoms with Crippen LogP contribution in [0.1, 0.15) is 25.8 Å². The van der Waals surface area contributed by atoms with Crippen molar-refractivity contribution in [3.63, 3.8) is 0 Å². The molecule has 0 spiro atoms. The highest BCUT2D eigenvalue weighted by molar-refractivity contribution is 7.99. The van der Waals surface area contributed by atoms with Crippen LogP contribution in [0.2, 0.25) is 0 Å². The Kier molecular flexibility index (Phi) is 8.90. The molecule has 0 saturated carbocycles. The Hall–Kier alpha value is -3.01. The van der Waals surface area contributed by atoms with Crippen LogP contribution in [0.4, 0.5) is 15.9 Å². The highest BCUT2D eigenvalue weighted by Crippen LogP contribution is 2.28. The van der Waals surface area contributed by atoms with Crippen LogP contribution >= 0.6 is 11.8 Å². The maximum absolute atomic E-state index is 13.8. The van der Waals surface area contributed by atoms with Gasteiger partial charge in [-0.2, -0.15) is 5.10 Å². The van der Waals surface area contributed by atoms with Gasteiger partial charge in [0.2, 0.25) is 0 Å². The van der Waals surface area contributed by atoms with E-state index in [0.29, 0.717) is 23.2 Å². The third kappa shape index (κ3) is 6.40. The Labute approximate surface area is 216 Å². The van der Waals surface area contributed by atoms with E-state index >= 15 is 0 Å². The van der Waals surface area contributed by atoms with Crippen LogP contribution in [0.5, 0.6) is 0 Å². The van der Waals surface area contributed by atoms with Gasteiger partial charge in [0.25, 0.3) is 0 Å². The van der Waals surface area contributed by atoms with Crippen LogP contribution in [0.15, 0.2) is 66.0 Å². The highest BCUT2D eigenvalue weighted by Gasteiger charge is 2.17. The Bertz CT molecular complexity index is 1260. The fourth-order valence-corrected chi connectivity index (χ4v) is 5.01. The van der Waals surface area contributed by atoms with E-state index in [1.165, 1.54) is 17.7 Å². The first kappa shape index (κ1) is 26.1. The lowest BCUT2D eigenvalue weighted by Crippen LogP contribution is -2.37. The number of ether oxygens (including phenoxy) is 1. The molecule has 4 aromatic rings. The van der Waals surface area contributed by atoms with Crippen LogP contribution < -0.4 is 5.32 Å². The normalized spacial score (nSPS) is 14.9. The number of rotatable bonds is 9. The predicted octanol–water partition coefficient (Wildman–Crippen LogP) is 5.57. The molecular weight excluding hydrogens is 475 g/mol. The molecular formula is C27H33FN6OS. The molecule has 1 fully saturated rings. The number of nitrogens with one attached hydrogen (secondary N) is 1. The minimum absolute atomic E-state index is 0. The van der Waals surface area contributed by atoms with Crippen molar-refractivity contribution < 1.29 is 9.13 Å². The number of nitrogens with zero attached hydrogens (tertiary/aromatic N) is 5. The summed E-state index contributed by atoms with van der Waals surface area (Å²) < 4.78 is 21.2. The van der Waals surface area contributed by atoms with E-state index < -0.39 is 0 Å². The minimum Gasteiger partial charge on any atom is -0.379 e. The van der Waals surface area contributed by atoms with Crippen molar-refractivity contribution in [2.75, 3.05) is 43.9 Å². The molecule has 1 N–H and O–H groups in total. The maximum Gasteiger partial charge on any atom is 0.191 e. The van der Waals surface area contributed by atoms with Crippen LogP contribution in [0.3, 0.4) is 0 Å². The average molecular weight is 509 g/mol. The Morgan fingerprint density at radius 2 is 1.89 bits per heavy atom. The number of fused-ring (bicyclic) bond motifs is 1. The van der Waals surface area contributed by atoms with Crippen molar-refractivity contribution in [3.05, 3.63) is 72.2 Å². The lowest BCUT2D eigenvalue weighted by atomic mass is 10.0. The molecule has 1 aliphatic rings. The molecule has 0 aliphatic carbocycles. The Morgan fingerprint density at radius 3 is 2.67 bits per heavy atom. The van der Waals surface area contributed by atoms with E-state index in [1.807, 2.05) is 16.8 Å². The van der Waals surface area contributed by atoms with Crippen LogP contribution in [-0.2, 0) is 11.3 Å². The van der Waals surface area contributed by atoms with Gasteiger partial charge in [0.05, 0.1) is 24.8 Å². The molecule has 2 aromatic carbocycles. The van der Waals surface area contributed by atoms with Crippen molar-refractivity contribution in [2.24, 2.45) is 0 Å². The van der Waals surface area contributed by atoms with Crippen molar-refractivity contribution in [3.8, 4) is 0 Å². The van der Waals surface area contributed by atoms with E-state index in [1.54, 1.807) is 24.0 Å². The van der Waals surface area contributed by atoms with Gasteiger partial charge in [-0.1, -0.05) is 62.5 Å². The second kappa shape index (κ2) is 12.3. The first-order chi connectivity index (χ1) is 17.2. The summed E-state index contributed by atoms with van der Waals surface area (Å²) in [5.74, 6) is 1.48. The zero-order valence-corrected chi connectivity index (χ0v) is 20.5. The number of morpholine rings is 1. The molecule has 7 nitrogen and oxygen atoms in total. The summed E-state index contributed by atoms with van der Waals surface area (Å²) >= 11 is 1.62. The molecule has 36 heavy (non-hydrogen) atoms. The topological polar surface area (TPSA) is 68.1 Å². The van der Waals surface area contributed by atoms with E-state index in [4.69, 9.17) is 14.7 Å². The summed E-state index contributed by atoms with van der Waals surface area (Å²) in [6, 6.07) is 16.8. The molecule has 0 amide bonds. The van der Waals surface area contributed by atoms with Gasteiger partial charge in [-0.15, -0.1) is 0 Å². The molecule has 1 unspecified atom stereocenters. The van der Waals surface area contributed by atoms with E-state index in [0.717, 1.165) is 49.6 Å². The van der Waals surface area contributed by atoms with Gasteiger partial charge in [0, 0.05) is 43.5 Å². The van der Waals surface area contributed by atoms with Crippen LogP contribution in [0, 0.1) is 5.82 Å². The molecule has 9 heteroatoms. The third-order valence-corrected chi connectivity index (χ3v) is 6.95. The van der Waals surface area contributed by atoms with Gasteiger partial charge in [-0.3, -0.25) is 4.90 Å². The minimum atomic E-state index is -0.298. The summed E-state index contributed by atoms with van der Waals surface area (Å²) in [5, 5.41) is 9.42. The predicted molar refractivity (Wildman–Crippen MR) is 145 cm³/mol. The number of benzene rings is 2. The van der Waals surface area contributed by atoms with Gasteiger partial charge in [-0.25, -0.2) is 19.0 Å². The molecule has 1 aliphatic heterocycles. The van der Waals surface area contributed by atoms with E-state index in [-0.39, 0.29) is 19.2 Å². The Morgan fingerprint density at radius 1 is 1.08 bits per heavy atom. The number of thioether (sulfide) groups is 1. The number of hydrogen-bond donors (Lipinski definition) is 1. The lowest BCUT2D eigenvalue weighted by molar-refractivity contribution is 0.0410. The van der Waals surface area contributed by atoms with Crippen LogP contribution in [-0.4, -0.2) is 63.2 Å². The van der Waals surface area contributed by atoms with Crippen molar-refractivity contribution in [1.29, 1.82) is 0 Å². The quantitative estimate of drug-likeness (QED) is 0.234. The molecule has 1 saturated heterocycles. The van der Waals surface area contributed by atoms with E-state index in [9.17, 15) is 4.39 Å². The summed E-state index contributed by atoms with van der Waals surface area (Å²) in [7, 11) is 0. The third-order valence-electron chi connectivity index (χ3n) is 6.12. The second-order valence-electron chi connectivity index (χ2n) is 8.67. The average Bonchev–Trinajstić information content (AvgIpc) is 3.28. The summed E-state index contributed by atoms with van der Waals surface area (Å²) in [4.78, 5) is 12.1. The molecule has 2 aromatic heterocycles. The second-order valence-corrected chi connectivity index (χ2v) is 9.73. The molecule has 3 heterocycles. The fourth-order valence-electron chi connectivity index (χ4n) is 4.17. The highest BCUT2D eigenvalue weighted by atomic mass is 32.2. The van der Waals surface area contributed by atoms with Gasteiger partial charge < -0.3 is 10.1 Å². The molecule has 5 rings (SSSR count). The van der Waals surface area contributed by atoms with Gasteiger partial charge in [-0.05, 0) is 23.8 Å². The number of anilines is 2. The van der Waals surface area contributed by atoms with Crippen molar-refractivity contribution in [2.45, 2.75) is 32.0 Å². The Balaban J connectivity index is 0.00000304. The van der Waals surface area contributed by atoms with Crippen LogP contribution in [0.25, 0.3) is 11.0 Å². The van der Waals surface area contributed by atoms with Crippen molar-refractivity contribution >= 4 is 34.3 Å². The molecule has 0 radical (unpaired) electrons. The summed E-state index contributed by atoms with van der Waals surface area (Å²) in [5.41, 5.74) is 2.67. The molecule has 0 bridgehead atoms. The van der Waals surface area contributed by atoms with Crippen molar-refractivity contribution in [1.82, 2.24) is 24.6 Å². The van der Waals surface area contributed by atoms with E-state index in [2.05, 4.69) is 46.5 Å². The zero-order valence-electron chi connectivity index (χ0n) is 19.7. The number of aromatic nitrogens is 4. The number of halogens is 1. The SMILES string of the molecule is C.CC(Cn1ncc2c(Nc3cccc(F)c3)nc(SCCN3CCOCC3)nc21)c1ccccc1. The fraction of sp³-hybridized carbons (Fsp3) is 0.370. The summed E-state index contributed by atoms with van der Waals surface area (Å²) in [6.07, 6.45) is 1.79. The maximum atomic E-state index is 13.8. The van der Waals surface area contributed by atoms with Gasteiger partial charge in [0.1, 0.15) is 11.6 Å². The summed E-state index contributed by atoms with van der Waals surface area (Å²) in [6.45, 7) is 7.32. The monoisotopic (exact) mass is 508 g/mol. The largest absolute Gasteiger partial charge is 0.379 e. The first-order valence-electron chi connectivity index (χ1n) is 11.9. The standard InChI is InChI=1S/C26H29FN6OS.CH4/c1-19(20-6-3-2-4-7-20)18-33-25-23(17-28-33)24(29-22-9-5-8-21(27)16-22)30-26(31-25)35-15-12-32-10-13-34-14-11-32;/h2-9,16-17,19H,10-15,18H2,1H3,(H,29,30,31);1H4.